The number of aliphatic hydroxyl groups is 1. The fourth-order valence-electron chi connectivity index (χ4n) is 0.234. The molecule has 0 fully saturated rings. The molecule has 1 rings (SSSR count). The van der Waals surface area contributed by atoms with Gasteiger partial charge in [0.25, 0.3) is 0 Å². The van der Waals surface area contributed by atoms with Crippen LogP contribution in [-0.2, 0) is 9.47 Å². The van der Waals surface area contributed by atoms with Crippen LogP contribution in [0.15, 0.2) is 12.2 Å². The van der Waals surface area contributed by atoms with Crippen molar-refractivity contribution in [1.29, 1.82) is 0 Å². The second-order valence-electron chi connectivity index (χ2n) is 0.885. The van der Waals surface area contributed by atoms with E-state index in [1.54, 1.807) is 0 Å². The van der Waals surface area contributed by atoms with Gasteiger partial charge in [-0.1, -0.05) is 0 Å². The van der Waals surface area contributed by atoms with Gasteiger partial charge in [-0.3, -0.25) is 0 Å². The summed E-state index contributed by atoms with van der Waals surface area (Å²) < 4.78 is 8.77. The molecule has 1 aliphatic rings. The molecular formula is C3H5ClO3. The summed E-state index contributed by atoms with van der Waals surface area (Å²) in [6.07, 6.45) is 1.15. The van der Waals surface area contributed by atoms with Gasteiger partial charge < -0.3 is 14.6 Å². The SMILES string of the molecule is Cl.OC1=COCO1. The Kier molecular flexibility index (Phi) is 2.37. The van der Waals surface area contributed by atoms with Crippen LogP contribution in [0.4, 0.5) is 0 Å². The van der Waals surface area contributed by atoms with Gasteiger partial charge in [0.2, 0.25) is 6.79 Å². The molecule has 0 aliphatic carbocycles. The summed E-state index contributed by atoms with van der Waals surface area (Å²) >= 11 is 0. The Morgan fingerprint density at radius 2 is 2.43 bits per heavy atom. The number of ether oxygens (including phenoxy) is 2. The van der Waals surface area contributed by atoms with Crippen molar-refractivity contribution in [2.75, 3.05) is 6.79 Å². The highest BCUT2D eigenvalue weighted by Gasteiger charge is 1.98. The molecule has 0 aromatic rings. The summed E-state index contributed by atoms with van der Waals surface area (Å²) in [7, 11) is 0. The van der Waals surface area contributed by atoms with Gasteiger partial charge in [-0.05, 0) is 0 Å². The van der Waals surface area contributed by atoms with Crippen molar-refractivity contribution >= 4 is 12.4 Å². The van der Waals surface area contributed by atoms with Crippen LogP contribution in [-0.4, -0.2) is 11.9 Å². The highest BCUT2D eigenvalue weighted by atomic mass is 35.5. The van der Waals surface area contributed by atoms with E-state index in [-0.39, 0.29) is 25.1 Å². The molecule has 1 heterocycles. The van der Waals surface area contributed by atoms with Crippen LogP contribution < -0.4 is 0 Å². The van der Waals surface area contributed by atoms with Gasteiger partial charge in [0.1, 0.15) is 0 Å². The zero-order chi connectivity index (χ0) is 4.41. The molecular weight excluding hydrogens is 119 g/mol. The van der Waals surface area contributed by atoms with Gasteiger partial charge in [-0.2, -0.15) is 0 Å². The first-order valence-electron chi connectivity index (χ1n) is 1.53. The molecule has 1 N–H and O–H groups in total. The average Bonchev–Trinajstić information content (AvgIpc) is 1.86. The molecule has 0 spiro atoms. The molecule has 0 aromatic heterocycles. The first kappa shape index (κ1) is 6.43. The Hall–Kier alpha value is -0.570. The van der Waals surface area contributed by atoms with E-state index in [1.807, 2.05) is 0 Å². The van der Waals surface area contributed by atoms with Crippen molar-refractivity contribution in [2.45, 2.75) is 0 Å². The molecule has 0 saturated carbocycles. The third-order valence-electron chi connectivity index (χ3n) is 0.459. The smallest absolute Gasteiger partial charge is 0.316 e. The molecule has 0 amide bonds. The summed E-state index contributed by atoms with van der Waals surface area (Å²) in [4.78, 5) is 0. The Bertz CT molecular complexity index is 80.2. The van der Waals surface area contributed by atoms with Crippen LogP contribution in [0.3, 0.4) is 0 Å². The summed E-state index contributed by atoms with van der Waals surface area (Å²) in [6, 6.07) is 0. The third kappa shape index (κ3) is 1.55. The van der Waals surface area contributed by atoms with Gasteiger partial charge in [0.15, 0.2) is 6.26 Å². The van der Waals surface area contributed by atoms with E-state index in [0.29, 0.717) is 0 Å². The molecule has 0 aromatic carbocycles. The van der Waals surface area contributed by atoms with Gasteiger partial charge in [-0.25, -0.2) is 0 Å². The average molecular weight is 125 g/mol. The predicted octanol–water partition coefficient (Wildman–Crippen LogP) is 0.769. The Balaban J connectivity index is 0.000000360. The standard InChI is InChI=1S/C3H4O3.ClH/c4-3-1-5-2-6-3;/h1,4H,2H2;1H. The Morgan fingerprint density at radius 3 is 2.57 bits per heavy atom. The molecule has 0 atom stereocenters. The molecule has 7 heavy (non-hydrogen) atoms. The van der Waals surface area contributed by atoms with E-state index < -0.39 is 0 Å². The number of aliphatic hydroxyl groups excluding tert-OH is 1. The summed E-state index contributed by atoms with van der Waals surface area (Å²) in [5.74, 6) is -0.144. The van der Waals surface area contributed by atoms with Crippen molar-refractivity contribution in [3.63, 3.8) is 0 Å². The minimum Gasteiger partial charge on any atom is -0.479 e. The topological polar surface area (TPSA) is 38.7 Å². The van der Waals surface area contributed by atoms with Crippen LogP contribution >= 0.6 is 12.4 Å². The van der Waals surface area contributed by atoms with Crippen LogP contribution in [0.1, 0.15) is 0 Å². The van der Waals surface area contributed by atoms with Crippen molar-refractivity contribution in [2.24, 2.45) is 0 Å². The number of halogens is 1. The lowest BCUT2D eigenvalue weighted by molar-refractivity contribution is 0.0377. The minimum atomic E-state index is -0.144. The zero-order valence-corrected chi connectivity index (χ0v) is 4.27. The number of hydrogen-bond donors (Lipinski definition) is 1. The van der Waals surface area contributed by atoms with Crippen LogP contribution in [0.2, 0.25) is 0 Å². The Labute approximate surface area is 46.9 Å². The lowest BCUT2D eigenvalue weighted by atomic mass is 11.0. The van der Waals surface area contributed by atoms with E-state index >= 15 is 0 Å². The van der Waals surface area contributed by atoms with E-state index in [2.05, 4.69) is 9.47 Å². The Morgan fingerprint density at radius 1 is 1.71 bits per heavy atom. The fraction of sp³-hybridized carbons (Fsp3) is 0.333. The summed E-state index contributed by atoms with van der Waals surface area (Å²) in [6.45, 7) is 0.145. The maximum atomic E-state index is 8.24. The van der Waals surface area contributed by atoms with Gasteiger partial charge in [-0.15, -0.1) is 12.4 Å². The van der Waals surface area contributed by atoms with E-state index in [1.165, 1.54) is 0 Å². The minimum absolute atomic E-state index is 0. The first-order valence-corrected chi connectivity index (χ1v) is 1.53. The van der Waals surface area contributed by atoms with E-state index in [0.717, 1.165) is 6.26 Å². The van der Waals surface area contributed by atoms with Crippen molar-refractivity contribution in [3.8, 4) is 0 Å². The zero-order valence-electron chi connectivity index (χ0n) is 3.46. The maximum absolute atomic E-state index is 8.24. The fourth-order valence-corrected chi connectivity index (χ4v) is 0.234. The van der Waals surface area contributed by atoms with Gasteiger partial charge >= 0.3 is 5.95 Å². The number of hydrogen-bond acceptors (Lipinski definition) is 3. The molecule has 0 unspecified atom stereocenters. The van der Waals surface area contributed by atoms with Crippen LogP contribution in [0.5, 0.6) is 0 Å². The quantitative estimate of drug-likeness (QED) is 0.519. The van der Waals surface area contributed by atoms with E-state index in [4.69, 9.17) is 5.11 Å². The summed E-state index contributed by atoms with van der Waals surface area (Å²) in [5, 5.41) is 8.24. The van der Waals surface area contributed by atoms with E-state index in [9.17, 15) is 0 Å². The number of rotatable bonds is 0. The first-order chi connectivity index (χ1) is 2.89. The van der Waals surface area contributed by atoms with Crippen molar-refractivity contribution in [1.82, 2.24) is 0 Å². The predicted molar refractivity (Wildman–Crippen MR) is 25.0 cm³/mol. The normalized spacial score (nSPS) is 15.7. The van der Waals surface area contributed by atoms with Crippen LogP contribution in [0.25, 0.3) is 0 Å². The lowest BCUT2D eigenvalue weighted by Gasteiger charge is -1.85. The summed E-state index contributed by atoms with van der Waals surface area (Å²) in [5.41, 5.74) is 0. The molecule has 0 saturated heterocycles. The molecule has 3 nitrogen and oxygen atoms in total. The molecule has 1 aliphatic heterocycles. The highest BCUT2D eigenvalue weighted by Crippen LogP contribution is 1.99. The maximum Gasteiger partial charge on any atom is 0.316 e. The van der Waals surface area contributed by atoms with Crippen LogP contribution in [0, 0.1) is 0 Å². The molecule has 0 radical (unpaired) electrons. The third-order valence-corrected chi connectivity index (χ3v) is 0.459. The van der Waals surface area contributed by atoms with Crippen molar-refractivity contribution in [3.05, 3.63) is 12.2 Å². The second-order valence-corrected chi connectivity index (χ2v) is 0.885. The monoisotopic (exact) mass is 124 g/mol. The van der Waals surface area contributed by atoms with Crippen molar-refractivity contribution < 1.29 is 14.6 Å². The van der Waals surface area contributed by atoms with Gasteiger partial charge in [0, 0.05) is 0 Å². The molecule has 0 bridgehead atoms. The van der Waals surface area contributed by atoms with Gasteiger partial charge in [0.05, 0.1) is 0 Å². The lowest BCUT2D eigenvalue weighted by Crippen LogP contribution is -1.81. The highest BCUT2D eigenvalue weighted by molar-refractivity contribution is 5.85. The second kappa shape index (κ2) is 2.58. The largest absolute Gasteiger partial charge is 0.479 e. The molecule has 42 valence electrons. The molecule has 4 heteroatoms.